The summed E-state index contributed by atoms with van der Waals surface area (Å²) in [6.07, 6.45) is 0.941. The van der Waals surface area contributed by atoms with Gasteiger partial charge in [-0.3, -0.25) is 0 Å². The number of rotatable bonds is 4. The monoisotopic (exact) mass is 289 g/mol. The van der Waals surface area contributed by atoms with E-state index in [1.54, 1.807) is 7.11 Å². The molecule has 0 saturated heterocycles. The van der Waals surface area contributed by atoms with Crippen LogP contribution in [0.1, 0.15) is 5.56 Å². The van der Waals surface area contributed by atoms with E-state index in [0.717, 1.165) is 35.1 Å². The van der Waals surface area contributed by atoms with Gasteiger partial charge in [-0.1, -0.05) is 11.3 Å². The minimum atomic E-state index is 0.552. The molecular formula is C14H15N3O2S. The van der Waals surface area contributed by atoms with E-state index in [-0.39, 0.29) is 0 Å². The van der Waals surface area contributed by atoms with Gasteiger partial charge in [0.05, 0.1) is 12.8 Å². The predicted molar refractivity (Wildman–Crippen MR) is 83.0 cm³/mol. The first-order chi connectivity index (χ1) is 9.72. The van der Waals surface area contributed by atoms with Gasteiger partial charge in [0, 0.05) is 24.8 Å². The Kier molecular flexibility index (Phi) is 3.31. The van der Waals surface area contributed by atoms with Crippen LogP contribution in [0.25, 0.3) is 0 Å². The summed E-state index contributed by atoms with van der Waals surface area (Å²) >= 11 is 1.41. The zero-order valence-electron chi connectivity index (χ0n) is 11.3. The Morgan fingerprint density at radius 1 is 1.35 bits per heavy atom. The maximum atomic E-state index is 11.0. The second-order valence-electron chi connectivity index (χ2n) is 4.68. The molecule has 0 unspecified atom stereocenters. The Morgan fingerprint density at radius 3 is 2.75 bits per heavy atom. The molecule has 0 aliphatic carbocycles. The van der Waals surface area contributed by atoms with Gasteiger partial charge in [0.2, 0.25) is 0 Å². The van der Waals surface area contributed by atoms with E-state index < -0.39 is 0 Å². The number of nitrogens with one attached hydrogen (secondary N) is 1. The number of benzene rings is 1. The second kappa shape index (κ2) is 5.13. The van der Waals surface area contributed by atoms with Crippen LogP contribution in [-0.2, 0) is 6.42 Å². The number of thiophene rings is 1. The van der Waals surface area contributed by atoms with Crippen LogP contribution in [0.4, 0.5) is 21.4 Å². The number of anilines is 3. The third-order valence-corrected chi connectivity index (χ3v) is 4.48. The number of fused-ring (bicyclic) bond motifs is 1. The lowest BCUT2D eigenvalue weighted by molar-refractivity contribution is 0.415. The van der Waals surface area contributed by atoms with Crippen molar-refractivity contribution in [2.45, 2.75) is 6.42 Å². The molecule has 104 valence electrons. The van der Waals surface area contributed by atoms with Crippen LogP contribution in [0.3, 0.4) is 0 Å². The van der Waals surface area contributed by atoms with Crippen molar-refractivity contribution in [1.82, 2.24) is 0 Å². The molecule has 2 aromatic rings. The van der Waals surface area contributed by atoms with Crippen LogP contribution < -0.4 is 15.0 Å². The standard InChI is InChI=1S/C14H15N3O2S/c1-17-8-7-11-12(17)14(16-18)20-13(11)15-9-3-5-10(19-2)6-4-9/h3-6,15H,7-8H2,1-2H3. The number of hydrogen-bond acceptors (Lipinski definition) is 6. The molecule has 0 amide bonds. The number of hydrogen-bond donors (Lipinski definition) is 1. The first-order valence-corrected chi connectivity index (χ1v) is 7.16. The molecule has 1 N–H and O–H groups in total. The van der Waals surface area contributed by atoms with Gasteiger partial charge in [0.15, 0.2) is 5.00 Å². The number of nitroso groups, excluding NO2 is 1. The first kappa shape index (κ1) is 12.9. The number of nitrogens with zero attached hydrogens (tertiary/aromatic N) is 2. The largest absolute Gasteiger partial charge is 0.497 e. The van der Waals surface area contributed by atoms with Crippen molar-refractivity contribution in [1.29, 1.82) is 0 Å². The summed E-state index contributed by atoms with van der Waals surface area (Å²) in [4.78, 5) is 13.0. The average Bonchev–Trinajstić information content (AvgIpc) is 3.02. The minimum absolute atomic E-state index is 0.552. The molecule has 3 rings (SSSR count). The van der Waals surface area contributed by atoms with Gasteiger partial charge in [-0.2, -0.15) is 0 Å². The lowest BCUT2D eigenvalue weighted by Crippen LogP contribution is -2.12. The fourth-order valence-electron chi connectivity index (χ4n) is 2.43. The summed E-state index contributed by atoms with van der Waals surface area (Å²) in [5, 5.41) is 8.07. The molecule has 0 radical (unpaired) electrons. The van der Waals surface area contributed by atoms with Gasteiger partial charge in [-0.05, 0) is 35.9 Å². The van der Waals surface area contributed by atoms with Crippen molar-refractivity contribution in [2.24, 2.45) is 5.18 Å². The van der Waals surface area contributed by atoms with Crippen molar-refractivity contribution in [3.63, 3.8) is 0 Å². The molecule has 1 aliphatic rings. The van der Waals surface area contributed by atoms with Crippen LogP contribution >= 0.6 is 11.3 Å². The summed E-state index contributed by atoms with van der Waals surface area (Å²) in [5.41, 5.74) is 3.13. The molecule has 6 heteroatoms. The van der Waals surface area contributed by atoms with Gasteiger partial charge < -0.3 is 15.0 Å². The van der Waals surface area contributed by atoms with E-state index in [1.165, 1.54) is 16.9 Å². The van der Waals surface area contributed by atoms with Crippen LogP contribution in [0.2, 0.25) is 0 Å². The molecule has 0 bridgehead atoms. The van der Waals surface area contributed by atoms with E-state index in [0.29, 0.717) is 5.00 Å². The third-order valence-electron chi connectivity index (χ3n) is 3.47. The highest BCUT2D eigenvalue weighted by molar-refractivity contribution is 7.20. The molecule has 1 aliphatic heterocycles. The highest BCUT2D eigenvalue weighted by Gasteiger charge is 2.27. The van der Waals surface area contributed by atoms with E-state index in [4.69, 9.17) is 4.74 Å². The molecule has 0 fully saturated rings. The van der Waals surface area contributed by atoms with Gasteiger partial charge in [-0.25, -0.2) is 0 Å². The zero-order chi connectivity index (χ0) is 14.1. The highest BCUT2D eigenvalue weighted by Crippen LogP contribution is 2.49. The van der Waals surface area contributed by atoms with E-state index >= 15 is 0 Å². The van der Waals surface area contributed by atoms with E-state index in [2.05, 4.69) is 15.4 Å². The van der Waals surface area contributed by atoms with Gasteiger partial charge in [0.1, 0.15) is 10.8 Å². The molecule has 1 aromatic carbocycles. The van der Waals surface area contributed by atoms with Crippen LogP contribution in [0.15, 0.2) is 29.4 Å². The number of ether oxygens (including phenoxy) is 1. The van der Waals surface area contributed by atoms with Crippen LogP contribution in [0.5, 0.6) is 5.75 Å². The van der Waals surface area contributed by atoms with E-state index in [1.807, 2.05) is 31.3 Å². The molecule has 0 saturated carbocycles. The second-order valence-corrected chi connectivity index (χ2v) is 5.68. The molecule has 20 heavy (non-hydrogen) atoms. The maximum absolute atomic E-state index is 11.0. The van der Waals surface area contributed by atoms with Crippen molar-refractivity contribution in [2.75, 3.05) is 30.9 Å². The van der Waals surface area contributed by atoms with Crippen molar-refractivity contribution >= 4 is 32.7 Å². The lowest BCUT2D eigenvalue weighted by atomic mass is 10.2. The first-order valence-electron chi connectivity index (χ1n) is 6.34. The number of likely N-dealkylation sites (N-methyl/N-ethyl adjacent to an activating group) is 1. The fourth-order valence-corrected chi connectivity index (χ4v) is 3.53. The Hall–Kier alpha value is -2.08. The van der Waals surface area contributed by atoms with Crippen molar-refractivity contribution < 1.29 is 4.74 Å². The summed E-state index contributed by atoms with van der Waals surface area (Å²) in [7, 11) is 3.64. The summed E-state index contributed by atoms with van der Waals surface area (Å²) in [6, 6.07) is 7.72. The van der Waals surface area contributed by atoms with E-state index in [9.17, 15) is 4.91 Å². The van der Waals surface area contributed by atoms with Crippen molar-refractivity contribution in [3.8, 4) is 5.75 Å². The van der Waals surface area contributed by atoms with Crippen molar-refractivity contribution in [3.05, 3.63) is 34.7 Å². The third kappa shape index (κ3) is 2.12. The highest BCUT2D eigenvalue weighted by atomic mass is 32.1. The molecule has 1 aromatic heterocycles. The van der Waals surface area contributed by atoms with Crippen LogP contribution in [-0.4, -0.2) is 20.7 Å². The van der Waals surface area contributed by atoms with Crippen LogP contribution in [0, 0.1) is 4.91 Å². The molecular weight excluding hydrogens is 274 g/mol. The smallest absolute Gasteiger partial charge is 0.186 e. The molecule has 5 nitrogen and oxygen atoms in total. The Labute approximate surface area is 121 Å². The maximum Gasteiger partial charge on any atom is 0.186 e. The van der Waals surface area contributed by atoms with Gasteiger partial charge in [-0.15, -0.1) is 4.91 Å². The van der Waals surface area contributed by atoms with Gasteiger partial charge >= 0.3 is 0 Å². The SMILES string of the molecule is COc1ccc(Nc2sc(N=O)c3c2CCN3C)cc1. The van der Waals surface area contributed by atoms with Gasteiger partial charge in [0.25, 0.3) is 0 Å². The number of methoxy groups -OCH3 is 1. The predicted octanol–water partition coefficient (Wildman–Crippen LogP) is 3.89. The Bertz CT molecular complexity index is 637. The fraction of sp³-hybridized carbons (Fsp3) is 0.286. The Balaban J connectivity index is 1.91. The summed E-state index contributed by atoms with van der Waals surface area (Å²) in [6.45, 7) is 0.929. The quantitative estimate of drug-likeness (QED) is 0.868. The lowest BCUT2D eigenvalue weighted by Gasteiger charge is -2.09. The minimum Gasteiger partial charge on any atom is -0.497 e. The molecule has 0 spiro atoms. The summed E-state index contributed by atoms with van der Waals surface area (Å²) in [5.74, 6) is 0.821. The summed E-state index contributed by atoms with van der Waals surface area (Å²) < 4.78 is 5.14. The zero-order valence-corrected chi connectivity index (χ0v) is 12.2. The topological polar surface area (TPSA) is 53.9 Å². The Morgan fingerprint density at radius 2 is 2.10 bits per heavy atom. The normalized spacial score (nSPS) is 13.2. The average molecular weight is 289 g/mol. The molecule has 2 heterocycles. The molecule has 0 atom stereocenters.